The molecule has 1 saturated heterocycles. The van der Waals surface area contributed by atoms with Crippen molar-refractivity contribution in [3.05, 3.63) is 29.3 Å². The Morgan fingerprint density at radius 1 is 1.45 bits per heavy atom. The minimum absolute atomic E-state index is 0.0242. The Labute approximate surface area is 119 Å². The Morgan fingerprint density at radius 3 is 2.90 bits per heavy atom. The maximum atomic E-state index is 12.3. The van der Waals surface area contributed by atoms with Crippen molar-refractivity contribution in [1.29, 1.82) is 0 Å². The third kappa shape index (κ3) is 2.52. The van der Waals surface area contributed by atoms with Gasteiger partial charge in [0.15, 0.2) is 0 Å². The van der Waals surface area contributed by atoms with Crippen LogP contribution in [0.1, 0.15) is 48.0 Å². The molecule has 1 aliphatic carbocycles. The number of aromatic hydroxyl groups is 1. The van der Waals surface area contributed by atoms with E-state index in [1.54, 1.807) is 18.2 Å². The van der Waals surface area contributed by atoms with Crippen molar-refractivity contribution in [3.63, 3.8) is 0 Å². The highest BCUT2D eigenvalue weighted by atomic mass is 16.3. The smallest absolute Gasteiger partial charge is 0.251 e. The number of phenolic OH excluding ortho intramolecular Hbond substituents is 1. The summed E-state index contributed by atoms with van der Waals surface area (Å²) in [5, 5.41) is 16.2. The van der Waals surface area contributed by atoms with Gasteiger partial charge >= 0.3 is 0 Å². The van der Waals surface area contributed by atoms with Gasteiger partial charge in [-0.05, 0) is 69.3 Å². The van der Waals surface area contributed by atoms with Crippen molar-refractivity contribution in [2.75, 3.05) is 6.54 Å². The highest BCUT2D eigenvalue weighted by molar-refractivity contribution is 5.96. The number of aryl methyl sites for hydroxylation is 1. The first-order valence-electron chi connectivity index (χ1n) is 7.44. The molecule has 3 rings (SSSR count). The average Bonchev–Trinajstić information content (AvgIpc) is 2.37. The Hall–Kier alpha value is -1.55. The molecule has 1 unspecified atom stereocenters. The highest BCUT2D eigenvalue weighted by Gasteiger charge is 2.41. The van der Waals surface area contributed by atoms with E-state index in [0.717, 1.165) is 24.9 Å². The molecule has 1 saturated carbocycles. The highest BCUT2D eigenvalue weighted by Crippen LogP contribution is 2.38. The van der Waals surface area contributed by atoms with Crippen LogP contribution >= 0.6 is 0 Å². The molecule has 108 valence electrons. The number of hydrogen-bond acceptors (Lipinski definition) is 3. The van der Waals surface area contributed by atoms with Crippen LogP contribution in [-0.4, -0.2) is 29.1 Å². The molecular weight excluding hydrogens is 252 g/mol. The Balaban J connectivity index is 1.66. The van der Waals surface area contributed by atoms with E-state index in [9.17, 15) is 9.90 Å². The van der Waals surface area contributed by atoms with Crippen LogP contribution in [0.25, 0.3) is 0 Å². The fourth-order valence-corrected chi connectivity index (χ4v) is 3.43. The SMILES string of the molecule is Cc1cc(O)ccc1C(=O)NC1CCNC2(CCC2)C1. The quantitative estimate of drug-likeness (QED) is 0.774. The second-order valence-corrected chi connectivity index (χ2v) is 6.22. The Bertz CT molecular complexity index is 523. The summed E-state index contributed by atoms with van der Waals surface area (Å²) < 4.78 is 0. The van der Waals surface area contributed by atoms with Gasteiger partial charge in [-0.3, -0.25) is 4.79 Å². The van der Waals surface area contributed by atoms with Gasteiger partial charge in [0.05, 0.1) is 0 Å². The Morgan fingerprint density at radius 2 is 2.25 bits per heavy atom. The second-order valence-electron chi connectivity index (χ2n) is 6.22. The summed E-state index contributed by atoms with van der Waals surface area (Å²) in [7, 11) is 0. The van der Waals surface area contributed by atoms with Crippen molar-refractivity contribution in [3.8, 4) is 5.75 Å². The Kier molecular flexibility index (Phi) is 3.42. The number of carbonyl (C=O) groups is 1. The average molecular weight is 274 g/mol. The lowest BCUT2D eigenvalue weighted by Gasteiger charge is -2.48. The van der Waals surface area contributed by atoms with Crippen LogP contribution < -0.4 is 10.6 Å². The molecule has 1 aliphatic heterocycles. The number of piperidine rings is 1. The lowest BCUT2D eigenvalue weighted by molar-refractivity contribution is 0.0852. The normalized spacial score (nSPS) is 24.1. The van der Waals surface area contributed by atoms with Crippen molar-refractivity contribution in [2.45, 2.75) is 50.6 Å². The van der Waals surface area contributed by atoms with E-state index in [1.165, 1.54) is 19.3 Å². The summed E-state index contributed by atoms with van der Waals surface area (Å²) in [4.78, 5) is 12.3. The zero-order valence-corrected chi connectivity index (χ0v) is 11.9. The topological polar surface area (TPSA) is 61.4 Å². The van der Waals surface area contributed by atoms with Crippen LogP contribution in [0, 0.1) is 6.92 Å². The van der Waals surface area contributed by atoms with Gasteiger partial charge in [0.1, 0.15) is 5.75 Å². The number of amides is 1. The van der Waals surface area contributed by atoms with Crippen molar-refractivity contribution in [1.82, 2.24) is 10.6 Å². The van der Waals surface area contributed by atoms with Gasteiger partial charge in [0.25, 0.3) is 5.91 Å². The molecule has 1 atom stereocenters. The number of benzene rings is 1. The molecule has 4 heteroatoms. The lowest BCUT2D eigenvalue weighted by Crippen LogP contribution is -2.59. The standard InChI is InChI=1S/C16H22N2O2/c1-11-9-13(19)3-4-14(11)15(20)18-12-5-8-17-16(10-12)6-2-7-16/h3-4,9,12,17,19H,2,5-8,10H2,1H3,(H,18,20). The molecule has 1 spiro atoms. The summed E-state index contributed by atoms with van der Waals surface area (Å²) in [6, 6.07) is 5.15. The predicted molar refractivity (Wildman–Crippen MR) is 77.9 cm³/mol. The predicted octanol–water partition coefficient (Wildman–Crippen LogP) is 2.11. The molecule has 1 heterocycles. The molecule has 1 aromatic rings. The molecule has 3 N–H and O–H groups in total. The molecule has 1 amide bonds. The summed E-state index contributed by atoms with van der Waals surface area (Å²) in [5.74, 6) is 0.179. The van der Waals surface area contributed by atoms with E-state index in [-0.39, 0.29) is 17.7 Å². The first kappa shape index (κ1) is 13.4. The van der Waals surface area contributed by atoms with Gasteiger partial charge in [-0.2, -0.15) is 0 Å². The second kappa shape index (κ2) is 5.09. The molecule has 20 heavy (non-hydrogen) atoms. The van der Waals surface area contributed by atoms with Crippen LogP contribution in [-0.2, 0) is 0 Å². The first-order valence-corrected chi connectivity index (χ1v) is 7.44. The van der Waals surface area contributed by atoms with Gasteiger partial charge < -0.3 is 15.7 Å². The molecule has 4 nitrogen and oxygen atoms in total. The zero-order chi connectivity index (χ0) is 14.2. The zero-order valence-electron chi connectivity index (χ0n) is 11.9. The van der Waals surface area contributed by atoms with Crippen molar-refractivity contribution >= 4 is 5.91 Å². The third-order valence-electron chi connectivity index (χ3n) is 4.73. The fraction of sp³-hybridized carbons (Fsp3) is 0.562. The fourth-order valence-electron chi connectivity index (χ4n) is 3.43. The largest absolute Gasteiger partial charge is 0.508 e. The van der Waals surface area contributed by atoms with Gasteiger partial charge in [-0.15, -0.1) is 0 Å². The minimum Gasteiger partial charge on any atom is -0.508 e. The molecule has 0 radical (unpaired) electrons. The molecular formula is C16H22N2O2. The van der Waals surface area contributed by atoms with Crippen LogP contribution in [0.2, 0.25) is 0 Å². The summed E-state index contributed by atoms with van der Waals surface area (Å²) in [6.45, 7) is 2.84. The van der Waals surface area contributed by atoms with Crippen LogP contribution in [0.15, 0.2) is 18.2 Å². The van der Waals surface area contributed by atoms with Crippen LogP contribution in [0.5, 0.6) is 5.75 Å². The third-order valence-corrected chi connectivity index (χ3v) is 4.73. The van der Waals surface area contributed by atoms with Crippen LogP contribution in [0.3, 0.4) is 0 Å². The summed E-state index contributed by atoms with van der Waals surface area (Å²) >= 11 is 0. The molecule has 1 aromatic carbocycles. The summed E-state index contributed by atoms with van der Waals surface area (Å²) in [5.41, 5.74) is 1.76. The lowest BCUT2D eigenvalue weighted by atomic mass is 9.70. The van der Waals surface area contributed by atoms with E-state index in [1.807, 2.05) is 6.92 Å². The maximum absolute atomic E-state index is 12.3. The van der Waals surface area contributed by atoms with Crippen molar-refractivity contribution in [2.24, 2.45) is 0 Å². The molecule has 0 bridgehead atoms. The number of carbonyl (C=O) groups excluding carboxylic acids is 1. The van der Waals surface area contributed by atoms with Gasteiger partial charge in [-0.1, -0.05) is 0 Å². The number of nitrogens with one attached hydrogen (secondary N) is 2. The van der Waals surface area contributed by atoms with E-state index in [0.29, 0.717) is 11.1 Å². The minimum atomic E-state index is -0.0242. The van der Waals surface area contributed by atoms with E-state index < -0.39 is 0 Å². The number of phenols is 1. The summed E-state index contributed by atoms with van der Waals surface area (Å²) in [6.07, 6.45) is 5.79. The number of hydrogen-bond donors (Lipinski definition) is 3. The van der Waals surface area contributed by atoms with E-state index in [2.05, 4.69) is 10.6 Å². The number of rotatable bonds is 2. The van der Waals surface area contributed by atoms with E-state index in [4.69, 9.17) is 0 Å². The molecule has 2 aliphatic rings. The van der Waals surface area contributed by atoms with Gasteiger partial charge in [0.2, 0.25) is 0 Å². The maximum Gasteiger partial charge on any atom is 0.251 e. The first-order chi connectivity index (χ1) is 9.58. The van der Waals surface area contributed by atoms with Crippen molar-refractivity contribution < 1.29 is 9.90 Å². The van der Waals surface area contributed by atoms with E-state index >= 15 is 0 Å². The molecule has 2 fully saturated rings. The van der Waals surface area contributed by atoms with Gasteiger partial charge in [0, 0.05) is 17.1 Å². The molecule has 0 aromatic heterocycles. The van der Waals surface area contributed by atoms with Gasteiger partial charge in [-0.25, -0.2) is 0 Å². The monoisotopic (exact) mass is 274 g/mol. The van der Waals surface area contributed by atoms with Crippen LogP contribution in [0.4, 0.5) is 0 Å².